The van der Waals surface area contributed by atoms with Crippen molar-refractivity contribution in [2.24, 2.45) is 16.6 Å². The number of nitrogens with two attached hydrogens (primary N) is 1. The predicted octanol–water partition coefficient (Wildman–Crippen LogP) is 0.581. The maximum Gasteiger partial charge on any atom is 0.285 e. The average Bonchev–Trinajstić information content (AvgIpc) is 1.81. The molecule has 0 aliphatic carbocycles. The molecule has 0 aliphatic heterocycles. The Balaban J connectivity index is 3.99. The molecule has 10 heavy (non-hydrogen) atoms. The van der Waals surface area contributed by atoms with Crippen LogP contribution in [0.5, 0.6) is 0 Å². The smallest absolute Gasteiger partial charge is 0.285 e. The standard InChI is InChI=1S/C6H13N3O/c1-4(2)5(9-3)10-6(7)8/h4H,1-3H3,(H3,7,8). The summed E-state index contributed by atoms with van der Waals surface area (Å²) in [5.41, 5.74) is 4.99. The Morgan fingerprint density at radius 1 is 1.60 bits per heavy atom. The molecule has 58 valence electrons. The zero-order valence-corrected chi connectivity index (χ0v) is 6.51. The highest BCUT2D eigenvalue weighted by molar-refractivity contribution is 5.89. The van der Waals surface area contributed by atoms with Crippen LogP contribution in [0.15, 0.2) is 4.99 Å². The van der Waals surface area contributed by atoms with Crippen LogP contribution < -0.4 is 5.73 Å². The van der Waals surface area contributed by atoms with E-state index in [0.717, 1.165) is 0 Å². The van der Waals surface area contributed by atoms with Crippen LogP contribution in [0, 0.1) is 11.3 Å². The van der Waals surface area contributed by atoms with Crippen molar-refractivity contribution < 1.29 is 4.74 Å². The minimum Gasteiger partial charge on any atom is -0.412 e. The first-order chi connectivity index (χ1) is 4.57. The summed E-state index contributed by atoms with van der Waals surface area (Å²) in [6, 6.07) is -0.311. The van der Waals surface area contributed by atoms with Gasteiger partial charge < -0.3 is 10.5 Å². The molecule has 0 rings (SSSR count). The molecule has 0 spiro atoms. The van der Waals surface area contributed by atoms with Gasteiger partial charge >= 0.3 is 0 Å². The molecular formula is C6H13N3O. The average molecular weight is 143 g/mol. The van der Waals surface area contributed by atoms with Gasteiger partial charge in [0.05, 0.1) is 0 Å². The molecule has 0 atom stereocenters. The van der Waals surface area contributed by atoms with E-state index < -0.39 is 0 Å². The van der Waals surface area contributed by atoms with Crippen LogP contribution in [-0.4, -0.2) is 19.0 Å². The third kappa shape index (κ3) is 3.06. The highest BCUT2D eigenvalue weighted by atomic mass is 16.5. The molecule has 0 heterocycles. The van der Waals surface area contributed by atoms with E-state index >= 15 is 0 Å². The largest absolute Gasteiger partial charge is 0.412 e. The van der Waals surface area contributed by atoms with Gasteiger partial charge in [-0.3, -0.25) is 10.4 Å². The number of hydrogen-bond acceptors (Lipinski definition) is 3. The van der Waals surface area contributed by atoms with E-state index in [2.05, 4.69) is 4.99 Å². The Morgan fingerprint density at radius 3 is 2.20 bits per heavy atom. The van der Waals surface area contributed by atoms with E-state index in [1.807, 2.05) is 13.8 Å². The lowest BCUT2D eigenvalue weighted by Crippen LogP contribution is -2.22. The molecule has 4 nitrogen and oxygen atoms in total. The van der Waals surface area contributed by atoms with E-state index in [9.17, 15) is 0 Å². The molecular weight excluding hydrogens is 130 g/mol. The Bertz CT molecular complexity index is 151. The number of hydrogen-bond donors (Lipinski definition) is 2. The van der Waals surface area contributed by atoms with Crippen molar-refractivity contribution in [3.8, 4) is 0 Å². The molecule has 0 unspecified atom stereocenters. The normalized spacial score (nSPS) is 11.8. The van der Waals surface area contributed by atoms with E-state index in [-0.39, 0.29) is 11.9 Å². The van der Waals surface area contributed by atoms with Crippen LogP contribution in [0.3, 0.4) is 0 Å². The second kappa shape index (κ2) is 3.87. The van der Waals surface area contributed by atoms with Crippen LogP contribution in [0.25, 0.3) is 0 Å². The Morgan fingerprint density at radius 2 is 2.10 bits per heavy atom. The van der Waals surface area contributed by atoms with Gasteiger partial charge in [0.1, 0.15) is 0 Å². The van der Waals surface area contributed by atoms with Crippen molar-refractivity contribution in [1.82, 2.24) is 0 Å². The van der Waals surface area contributed by atoms with Gasteiger partial charge in [0.2, 0.25) is 0 Å². The number of nitrogens with zero attached hydrogens (tertiary/aromatic N) is 1. The molecule has 0 aliphatic rings. The maximum atomic E-state index is 6.80. The van der Waals surface area contributed by atoms with E-state index in [1.54, 1.807) is 7.05 Å². The van der Waals surface area contributed by atoms with Crippen molar-refractivity contribution in [2.45, 2.75) is 13.8 Å². The molecule has 0 bridgehead atoms. The van der Waals surface area contributed by atoms with Crippen LogP contribution in [-0.2, 0) is 4.74 Å². The Hall–Kier alpha value is -1.06. The summed E-state index contributed by atoms with van der Waals surface area (Å²) in [5, 5.41) is 6.80. The second-order valence-corrected chi connectivity index (χ2v) is 2.18. The highest BCUT2D eigenvalue weighted by Gasteiger charge is 2.05. The molecule has 0 aromatic rings. The quantitative estimate of drug-likeness (QED) is 0.416. The zero-order valence-electron chi connectivity index (χ0n) is 6.51. The first kappa shape index (κ1) is 8.94. The first-order valence-corrected chi connectivity index (χ1v) is 3.06. The molecule has 0 amide bonds. The lowest BCUT2D eigenvalue weighted by Gasteiger charge is -2.07. The van der Waals surface area contributed by atoms with Gasteiger partial charge in [0, 0.05) is 13.0 Å². The lowest BCUT2D eigenvalue weighted by molar-refractivity contribution is 0.487. The van der Waals surface area contributed by atoms with Crippen molar-refractivity contribution in [3.63, 3.8) is 0 Å². The van der Waals surface area contributed by atoms with Gasteiger partial charge in [-0.1, -0.05) is 13.8 Å². The van der Waals surface area contributed by atoms with Crippen molar-refractivity contribution in [3.05, 3.63) is 0 Å². The summed E-state index contributed by atoms with van der Waals surface area (Å²) in [6.45, 7) is 3.84. The van der Waals surface area contributed by atoms with Crippen molar-refractivity contribution >= 4 is 11.9 Å². The van der Waals surface area contributed by atoms with Crippen LogP contribution in [0.4, 0.5) is 0 Å². The number of rotatable bonds is 1. The summed E-state index contributed by atoms with van der Waals surface area (Å²) >= 11 is 0. The molecule has 0 saturated heterocycles. The maximum absolute atomic E-state index is 6.80. The van der Waals surface area contributed by atoms with Gasteiger partial charge in [0.25, 0.3) is 6.02 Å². The number of amidine groups is 1. The van der Waals surface area contributed by atoms with Crippen LogP contribution in [0.1, 0.15) is 13.8 Å². The van der Waals surface area contributed by atoms with Gasteiger partial charge in [-0.05, 0) is 0 Å². The van der Waals surface area contributed by atoms with Gasteiger partial charge in [-0.15, -0.1) is 0 Å². The molecule has 0 aromatic heterocycles. The Labute approximate surface area is 60.6 Å². The fourth-order valence-corrected chi connectivity index (χ4v) is 0.534. The van der Waals surface area contributed by atoms with E-state index in [1.165, 1.54) is 0 Å². The molecule has 4 heteroatoms. The third-order valence-electron chi connectivity index (χ3n) is 0.929. The van der Waals surface area contributed by atoms with Gasteiger partial charge in [0.15, 0.2) is 5.90 Å². The topological polar surface area (TPSA) is 71.5 Å². The lowest BCUT2D eigenvalue weighted by atomic mass is 10.2. The highest BCUT2D eigenvalue weighted by Crippen LogP contribution is 1.97. The number of nitrogens with one attached hydrogen (secondary N) is 1. The third-order valence-corrected chi connectivity index (χ3v) is 0.929. The summed E-state index contributed by atoms with van der Waals surface area (Å²) in [7, 11) is 1.61. The monoisotopic (exact) mass is 143 g/mol. The van der Waals surface area contributed by atoms with E-state index in [0.29, 0.717) is 5.90 Å². The molecule has 0 aromatic carbocycles. The summed E-state index contributed by atoms with van der Waals surface area (Å²) in [4.78, 5) is 3.80. The molecule has 0 fully saturated rings. The SMILES string of the molecule is CN=C(OC(=N)N)C(C)C. The predicted molar refractivity (Wildman–Crippen MR) is 41.2 cm³/mol. The molecule has 3 N–H and O–H groups in total. The summed E-state index contributed by atoms with van der Waals surface area (Å²) in [5.74, 6) is 0.668. The first-order valence-electron chi connectivity index (χ1n) is 3.06. The van der Waals surface area contributed by atoms with E-state index in [4.69, 9.17) is 15.9 Å². The number of ether oxygens (including phenoxy) is 1. The second-order valence-electron chi connectivity index (χ2n) is 2.18. The summed E-state index contributed by atoms with van der Waals surface area (Å²) in [6.07, 6.45) is 0. The fraction of sp³-hybridized carbons (Fsp3) is 0.667. The Kier molecular flexibility index (Phi) is 3.46. The van der Waals surface area contributed by atoms with Crippen LogP contribution in [0.2, 0.25) is 0 Å². The van der Waals surface area contributed by atoms with Crippen LogP contribution >= 0.6 is 0 Å². The van der Waals surface area contributed by atoms with Gasteiger partial charge in [-0.2, -0.15) is 0 Å². The fourth-order valence-electron chi connectivity index (χ4n) is 0.534. The van der Waals surface area contributed by atoms with Gasteiger partial charge in [-0.25, -0.2) is 0 Å². The summed E-state index contributed by atoms with van der Waals surface area (Å²) < 4.78 is 4.77. The minimum absolute atomic E-state index is 0.175. The molecule has 0 radical (unpaired) electrons. The number of aliphatic imine (C=N–C) groups is 1. The minimum atomic E-state index is -0.311. The molecule has 0 saturated carbocycles. The van der Waals surface area contributed by atoms with Crippen molar-refractivity contribution in [2.75, 3.05) is 7.05 Å². The zero-order chi connectivity index (χ0) is 8.15. The van der Waals surface area contributed by atoms with Crippen molar-refractivity contribution in [1.29, 1.82) is 5.41 Å².